The van der Waals surface area contributed by atoms with Crippen LogP contribution in [0, 0.1) is 0 Å². The van der Waals surface area contributed by atoms with Crippen LogP contribution in [0.25, 0.3) is 0 Å². The minimum Gasteiger partial charge on any atom is -0.354 e. The molecule has 1 atom stereocenters. The molecule has 1 rings (SSSR count). The maximum absolute atomic E-state index is 11.4. The molecule has 2 N–H and O–H groups in total. The summed E-state index contributed by atoms with van der Waals surface area (Å²) in [5, 5.41) is 5.64. The lowest BCUT2D eigenvalue weighted by molar-refractivity contribution is -0.122. The Morgan fingerprint density at radius 1 is 1.57 bits per heavy atom. The van der Waals surface area contributed by atoms with Gasteiger partial charge >= 0.3 is 0 Å². The Morgan fingerprint density at radius 2 is 2.29 bits per heavy atom. The highest BCUT2D eigenvalue weighted by Crippen LogP contribution is 2.04. The van der Waals surface area contributed by atoms with Gasteiger partial charge in [0, 0.05) is 12.8 Å². The van der Waals surface area contributed by atoms with E-state index in [1.54, 1.807) is 0 Å². The quantitative estimate of drug-likeness (QED) is 0.630. The Labute approximate surface area is 84.2 Å². The molecule has 1 aliphatic heterocycles. The molecule has 0 radical (unpaired) electrons. The standard InChI is InChI=1S/C8H16N2O3S/c1-14(12,13)6-5-10-8(11)7-3-2-4-9-7/h7,9H,2-6H2,1H3,(H,10,11)/t7-/m1/s1. The number of hydrogen-bond donors (Lipinski definition) is 2. The van der Waals surface area contributed by atoms with Gasteiger partial charge in [-0.25, -0.2) is 8.42 Å². The number of rotatable bonds is 4. The molecule has 14 heavy (non-hydrogen) atoms. The molecule has 0 bridgehead atoms. The molecule has 0 aromatic carbocycles. The van der Waals surface area contributed by atoms with Crippen LogP contribution in [0.15, 0.2) is 0 Å². The number of amides is 1. The van der Waals surface area contributed by atoms with E-state index in [2.05, 4.69) is 10.6 Å². The molecule has 82 valence electrons. The van der Waals surface area contributed by atoms with Crippen molar-refractivity contribution >= 4 is 15.7 Å². The van der Waals surface area contributed by atoms with Gasteiger partial charge in [-0.1, -0.05) is 0 Å². The fraction of sp³-hybridized carbons (Fsp3) is 0.875. The number of hydrogen-bond acceptors (Lipinski definition) is 4. The lowest BCUT2D eigenvalue weighted by Crippen LogP contribution is -2.41. The smallest absolute Gasteiger partial charge is 0.237 e. The minimum atomic E-state index is -2.98. The molecule has 0 spiro atoms. The first-order chi connectivity index (χ1) is 6.49. The van der Waals surface area contributed by atoms with Crippen molar-refractivity contribution in [1.29, 1.82) is 0 Å². The van der Waals surface area contributed by atoms with Crippen LogP contribution in [-0.2, 0) is 14.6 Å². The third-order valence-electron chi connectivity index (χ3n) is 2.15. The summed E-state index contributed by atoms with van der Waals surface area (Å²) in [5.74, 6) is -0.0861. The molecule has 5 nitrogen and oxygen atoms in total. The van der Waals surface area contributed by atoms with Crippen LogP contribution in [0.1, 0.15) is 12.8 Å². The lowest BCUT2D eigenvalue weighted by atomic mass is 10.2. The normalized spacial score (nSPS) is 22.2. The zero-order valence-electron chi connectivity index (χ0n) is 8.25. The van der Waals surface area contributed by atoms with Crippen molar-refractivity contribution in [2.24, 2.45) is 0 Å². The van der Waals surface area contributed by atoms with Crippen LogP contribution in [0.5, 0.6) is 0 Å². The highest BCUT2D eigenvalue weighted by molar-refractivity contribution is 7.90. The summed E-state index contributed by atoms with van der Waals surface area (Å²) in [6.07, 6.45) is 3.00. The first-order valence-corrected chi connectivity index (χ1v) is 6.74. The number of carbonyl (C=O) groups excluding carboxylic acids is 1. The fourth-order valence-electron chi connectivity index (χ4n) is 1.39. The van der Waals surface area contributed by atoms with Crippen molar-refractivity contribution in [3.05, 3.63) is 0 Å². The van der Waals surface area contributed by atoms with Crippen molar-refractivity contribution in [2.45, 2.75) is 18.9 Å². The molecule has 0 saturated carbocycles. The second-order valence-corrected chi connectivity index (χ2v) is 5.83. The van der Waals surface area contributed by atoms with Gasteiger partial charge in [0.15, 0.2) is 0 Å². The van der Waals surface area contributed by atoms with E-state index in [9.17, 15) is 13.2 Å². The van der Waals surface area contributed by atoms with Crippen molar-refractivity contribution in [1.82, 2.24) is 10.6 Å². The molecule has 6 heteroatoms. The topological polar surface area (TPSA) is 75.3 Å². The Hall–Kier alpha value is -0.620. The van der Waals surface area contributed by atoms with Crippen molar-refractivity contribution in [3.8, 4) is 0 Å². The first-order valence-electron chi connectivity index (χ1n) is 4.68. The van der Waals surface area contributed by atoms with Crippen LogP contribution < -0.4 is 10.6 Å². The predicted molar refractivity (Wildman–Crippen MR) is 53.7 cm³/mol. The summed E-state index contributed by atoms with van der Waals surface area (Å²) >= 11 is 0. The average Bonchev–Trinajstić information content (AvgIpc) is 2.53. The zero-order valence-corrected chi connectivity index (χ0v) is 9.06. The van der Waals surface area contributed by atoms with Crippen LogP contribution in [0.2, 0.25) is 0 Å². The van der Waals surface area contributed by atoms with Gasteiger partial charge in [0.05, 0.1) is 11.8 Å². The van der Waals surface area contributed by atoms with E-state index in [0.29, 0.717) is 0 Å². The summed E-state index contributed by atoms with van der Waals surface area (Å²) in [7, 11) is -2.98. The minimum absolute atomic E-state index is 0.00542. The van der Waals surface area contributed by atoms with Gasteiger partial charge in [0.2, 0.25) is 5.91 Å². The third kappa shape index (κ3) is 4.06. The Morgan fingerprint density at radius 3 is 2.79 bits per heavy atom. The zero-order chi connectivity index (χ0) is 10.6. The molecule has 1 saturated heterocycles. The first kappa shape index (κ1) is 11.5. The Kier molecular flexibility index (Phi) is 3.88. The number of sulfone groups is 1. The van der Waals surface area contributed by atoms with E-state index in [1.807, 2.05) is 0 Å². The predicted octanol–water partition coefficient (Wildman–Crippen LogP) is -1.10. The second kappa shape index (κ2) is 4.75. The van der Waals surface area contributed by atoms with Gasteiger partial charge in [-0.15, -0.1) is 0 Å². The summed E-state index contributed by atoms with van der Waals surface area (Å²) in [6.45, 7) is 1.07. The summed E-state index contributed by atoms with van der Waals surface area (Å²) in [4.78, 5) is 11.4. The highest BCUT2D eigenvalue weighted by atomic mass is 32.2. The van der Waals surface area contributed by atoms with Crippen LogP contribution in [-0.4, -0.2) is 45.5 Å². The van der Waals surface area contributed by atoms with Crippen LogP contribution >= 0.6 is 0 Å². The van der Waals surface area contributed by atoms with E-state index in [0.717, 1.165) is 25.6 Å². The van der Waals surface area contributed by atoms with Gasteiger partial charge in [-0.3, -0.25) is 4.79 Å². The van der Waals surface area contributed by atoms with Gasteiger partial charge in [0.1, 0.15) is 9.84 Å². The van der Waals surface area contributed by atoms with Gasteiger partial charge in [-0.2, -0.15) is 0 Å². The second-order valence-electron chi connectivity index (χ2n) is 3.57. The molecule has 1 fully saturated rings. The van der Waals surface area contributed by atoms with Crippen molar-refractivity contribution in [2.75, 3.05) is 25.1 Å². The third-order valence-corrected chi connectivity index (χ3v) is 3.09. The maximum Gasteiger partial charge on any atom is 0.237 e. The van der Waals surface area contributed by atoms with E-state index in [4.69, 9.17) is 0 Å². The molecule has 0 aromatic rings. The van der Waals surface area contributed by atoms with Gasteiger partial charge in [-0.05, 0) is 19.4 Å². The van der Waals surface area contributed by atoms with E-state index < -0.39 is 9.84 Å². The monoisotopic (exact) mass is 220 g/mol. The summed E-state index contributed by atoms with van der Waals surface area (Å²) in [6, 6.07) is -0.130. The number of nitrogens with one attached hydrogen (secondary N) is 2. The van der Waals surface area contributed by atoms with Crippen molar-refractivity contribution in [3.63, 3.8) is 0 Å². The van der Waals surface area contributed by atoms with Crippen LogP contribution in [0.3, 0.4) is 0 Å². The molecule has 1 amide bonds. The van der Waals surface area contributed by atoms with Gasteiger partial charge in [0.25, 0.3) is 0 Å². The van der Waals surface area contributed by atoms with E-state index in [1.165, 1.54) is 0 Å². The van der Waals surface area contributed by atoms with Crippen molar-refractivity contribution < 1.29 is 13.2 Å². The Bertz CT molecular complexity index is 294. The molecule has 1 aliphatic rings. The number of carbonyl (C=O) groups is 1. The summed E-state index contributed by atoms with van der Waals surface area (Å²) in [5.41, 5.74) is 0. The molecule has 0 unspecified atom stereocenters. The fourth-order valence-corrected chi connectivity index (χ4v) is 1.86. The maximum atomic E-state index is 11.4. The van der Waals surface area contributed by atoms with Crippen LogP contribution in [0.4, 0.5) is 0 Å². The molecular formula is C8H16N2O3S. The van der Waals surface area contributed by atoms with Gasteiger partial charge < -0.3 is 10.6 Å². The Balaban J connectivity index is 2.21. The van der Waals surface area contributed by atoms with E-state index >= 15 is 0 Å². The largest absolute Gasteiger partial charge is 0.354 e. The molecular weight excluding hydrogens is 204 g/mol. The summed E-state index contributed by atoms with van der Waals surface area (Å²) < 4.78 is 21.5. The van der Waals surface area contributed by atoms with E-state index in [-0.39, 0.29) is 24.2 Å². The molecule has 1 heterocycles. The SMILES string of the molecule is CS(=O)(=O)CCNC(=O)[C@H]1CCCN1. The highest BCUT2D eigenvalue weighted by Gasteiger charge is 2.21. The molecule has 0 aromatic heterocycles. The molecule has 0 aliphatic carbocycles. The lowest BCUT2D eigenvalue weighted by Gasteiger charge is -2.10. The average molecular weight is 220 g/mol.